The van der Waals surface area contributed by atoms with Crippen LogP contribution in [0, 0.1) is 11.3 Å². The van der Waals surface area contributed by atoms with Crippen LogP contribution in [0.2, 0.25) is 0 Å². The van der Waals surface area contributed by atoms with E-state index in [9.17, 15) is 8.42 Å². The van der Waals surface area contributed by atoms with Gasteiger partial charge in [0.05, 0.1) is 6.07 Å². The zero-order chi connectivity index (χ0) is 13.9. The van der Waals surface area contributed by atoms with Gasteiger partial charge in [0, 0.05) is 19.6 Å². The van der Waals surface area contributed by atoms with E-state index < -0.39 is 15.3 Å². The molecule has 0 radical (unpaired) electrons. The van der Waals surface area contributed by atoms with Gasteiger partial charge in [0.15, 0.2) is 5.25 Å². The standard InChI is InChI=1S/C13H17N3O2S/c1-2-13(6-14)19(17,18)16-7-10-3-4-11-8-15-9-12(11)5-10/h3-5,13,15-16H,2,7-9H2,1H3. The van der Waals surface area contributed by atoms with Gasteiger partial charge >= 0.3 is 0 Å². The number of fused-ring (bicyclic) bond motifs is 1. The maximum absolute atomic E-state index is 11.9. The van der Waals surface area contributed by atoms with E-state index in [1.165, 1.54) is 11.1 Å². The molecule has 1 unspecified atom stereocenters. The summed E-state index contributed by atoms with van der Waals surface area (Å²) in [5, 5.41) is 11.1. The summed E-state index contributed by atoms with van der Waals surface area (Å²) in [6, 6.07) is 7.75. The smallest absolute Gasteiger partial charge is 0.228 e. The first-order valence-corrected chi connectivity index (χ1v) is 7.81. The molecule has 1 heterocycles. The van der Waals surface area contributed by atoms with Crippen molar-refractivity contribution >= 4 is 10.0 Å². The van der Waals surface area contributed by atoms with Gasteiger partial charge in [-0.3, -0.25) is 0 Å². The first kappa shape index (κ1) is 14.0. The Labute approximate surface area is 113 Å². The molecule has 1 aliphatic rings. The van der Waals surface area contributed by atoms with Crippen molar-refractivity contribution < 1.29 is 8.42 Å². The van der Waals surface area contributed by atoms with Gasteiger partial charge in [-0.25, -0.2) is 13.1 Å². The van der Waals surface area contributed by atoms with Crippen molar-refractivity contribution in [2.75, 3.05) is 0 Å². The molecule has 2 rings (SSSR count). The number of hydrogen-bond acceptors (Lipinski definition) is 4. The second kappa shape index (κ2) is 5.70. The van der Waals surface area contributed by atoms with E-state index >= 15 is 0 Å². The summed E-state index contributed by atoms with van der Waals surface area (Å²) in [6.45, 7) is 3.61. The molecule has 1 aliphatic heterocycles. The first-order valence-electron chi connectivity index (χ1n) is 6.26. The van der Waals surface area contributed by atoms with Gasteiger partial charge < -0.3 is 5.32 Å². The summed E-state index contributed by atoms with van der Waals surface area (Å²) in [7, 11) is -3.56. The number of nitrogens with one attached hydrogen (secondary N) is 2. The van der Waals surface area contributed by atoms with Gasteiger partial charge in [-0.05, 0) is 23.1 Å². The van der Waals surface area contributed by atoms with Gasteiger partial charge in [-0.15, -0.1) is 0 Å². The van der Waals surface area contributed by atoms with Crippen molar-refractivity contribution in [3.05, 3.63) is 34.9 Å². The van der Waals surface area contributed by atoms with Crippen LogP contribution >= 0.6 is 0 Å². The highest BCUT2D eigenvalue weighted by Crippen LogP contribution is 2.17. The third-order valence-electron chi connectivity index (χ3n) is 3.27. The third-order valence-corrected chi connectivity index (χ3v) is 5.00. The van der Waals surface area contributed by atoms with Crippen LogP contribution in [0.1, 0.15) is 30.0 Å². The van der Waals surface area contributed by atoms with Crippen molar-refractivity contribution in [2.45, 2.75) is 38.2 Å². The van der Waals surface area contributed by atoms with E-state index in [1.54, 1.807) is 6.92 Å². The molecule has 6 heteroatoms. The zero-order valence-corrected chi connectivity index (χ0v) is 11.6. The van der Waals surface area contributed by atoms with E-state index in [0.29, 0.717) is 6.42 Å². The summed E-state index contributed by atoms with van der Waals surface area (Å²) in [5.41, 5.74) is 3.39. The number of benzene rings is 1. The monoisotopic (exact) mass is 279 g/mol. The lowest BCUT2D eigenvalue weighted by Crippen LogP contribution is -2.32. The van der Waals surface area contributed by atoms with Crippen molar-refractivity contribution in [1.82, 2.24) is 10.0 Å². The minimum Gasteiger partial charge on any atom is -0.309 e. The van der Waals surface area contributed by atoms with Crippen LogP contribution in [-0.2, 0) is 29.7 Å². The number of nitriles is 1. The Morgan fingerprint density at radius 1 is 1.42 bits per heavy atom. The summed E-state index contributed by atoms with van der Waals surface area (Å²) >= 11 is 0. The Hall–Kier alpha value is -1.42. The summed E-state index contributed by atoms with van der Waals surface area (Å²) in [5.74, 6) is 0. The first-order chi connectivity index (χ1) is 9.06. The van der Waals surface area contributed by atoms with Gasteiger partial charge in [-0.2, -0.15) is 5.26 Å². The topological polar surface area (TPSA) is 82.0 Å². The maximum Gasteiger partial charge on any atom is 0.228 e. The highest BCUT2D eigenvalue weighted by molar-refractivity contribution is 7.90. The second-order valence-electron chi connectivity index (χ2n) is 4.60. The summed E-state index contributed by atoms with van der Waals surface area (Å²) in [4.78, 5) is 0. The van der Waals surface area contributed by atoms with Crippen LogP contribution < -0.4 is 10.0 Å². The largest absolute Gasteiger partial charge is 0.309 e. The van der Waals surface area contributed by atoms with Gasteiger partial charge in [0.2, 0.25) is 10.0 Å². The molecule has 0 saturated heterocycles. The molecule has 5 nitrogen and oxygen atoms in total. The Kier molecular flexibility index (Phi) is 4.20. The molecule has 1 aromatic rings. The van der Waals surface area contributed by atoms with Crippen LogP contribution in [0.3, 0.4) is 0 Å². The van der Waals surface area contributed by atoms with Gasteiger partial charge in [-0.1, -0.05) is 25.1 Å². The van der Waals surface area contributed by atoms with Crippen molar-refractivity contribution in [3.8, 4) is 6.07 Å². The van der Waals surface area contributed by atoms with Gasteiger partial charge in [0.1, 0.15) is 0 Å². The van der Waals surface area contributed by atoms with Crippen molar-refractivity contribution in [1.29, 1.82) is 5.26 Å². The molecule has 102 valence electrons. The summed E-state index contributed by atoms with van der Waals surface area (Å²) in [6.07, 6.45) is 0.292. The lowest BCUT2D eigenvalue weighted by atomic mass is 10.1. The normalized spacial score (nSPS) is 15.8. The van der Waals surface area contributed by atoms with E-state index in [0.717, 1.165) is 18.7 Å². The lowest BCUT2D eigenvalue weighted by Gasteiger charge is -2.10. The number of hydrogen-bond donors (Lipinski definition) is 2. The van der Waals surface area contributed by atoms with Crippen LogP contribution in [0.15, 0.2) is 18.2 Å². The lowest BCUT2D eigenvalue weighted by molar-refractivity contribution is 0.572. The second-order valence-corrected chi connectivity index (χ2v) is 6.55. The highest BCUT2D eigenvalue weighted by atomic mass is 32.2. The van der Waals surface area contributed by atoms with Gasteiger partial charge in [0.25, 0.3) is 0 Å². The average molecular weight is 279 g/mol. The van der Waals surface area contributed by atoms with E-state index in [1.807, 2.05) is 24.3 Å². The van der Waals surface area contributed by atoms with E-state index in [4.69, 9.17) is 5.26 Å². The highest BCUT2D eigenvalue weighted by Gasteiger charge is 2.22. The quantitative estimate of drug-likeness (QED) is 0.843. The molecular weight excluding hydrogens is 262 g/mol. The molecular formula is C13H17N3O2S. The minimum absolute atomic E-state index is 0.230. The minimum atomic E-state index is -3.56. The van der Waals surface area contributed by atoms with Crippen LogP contribution in [0.5, 0.6) is 0 Å². The Balaban J connectivity index is 2.05. The predicted octanol–water partition coefficient (Wildman–Crippen LogP) is 1.01. The Morgan fingerprint density at radius 2 is 2.16 bits per heavy atom. The SMILES string of the molecule is CCC(C#N)S(=O)(=O)NCc1ccc2c(c1)CNC2. The fourth-order valence-corrected chi connectivity index (χ4v) is 3.27. The molecule has 0 saturated carbocycles. The van der Waals surface area contributed by atoms with E-state index in [-0.39, 0.29) is 6.54 Å². The Morgan fingerprint density at radius 3 is 2.84 bits per heavy atom. The van der Waals surface area contributed by atoms with E-state index in [2.05, 4.69) is 10.0 Å². The third kappa shape index (κ3) is 3.13. The number of nitrogens with zero attached hydrogens (tertiary/aromatic N) is 1. The fraction of sp³-hybridized carbons (Fsp3) is 0.462. The number of sulfonamides is 1. The molecule has 19 heavy (non-hydrogen) atoms. The van der Waals surface area contributed by atoms with Crippen molar-refractivity contribution in [3.63, 3.8) is 0 Å². The molecule has 0 fully saturated rings. The molecule has 1 atom stereocenters. The fourth-order valence-electron chi connectivity index (χ4n) is 2.12. The van der Waals surface area contributed by atoms with Crippen LogP contribution in [0.4, 0.5) is 0 Å². The molecule has 0 spiro atoms. The van der Waals surface area contributed by atoms with Crippen LogP contribution in [0.25, 0.3) is 0 Å². The molecule has 2 N–H and O–H groups in total. The maximum atomic E-state index is 11.9. The molecule has 1 aromatic carbocycles. The zero-order valence-electron chi connectivity index (χ0n) is 10.8. The Bertz CT molecular complexity index is 605. The molecule has 0 bridgehead atoms. The predicted molar refractivity (Wildman–Crippen MR) is 72.4 cm³/mol. The number of rotatable bonds is 5. The molecule has 0 amide bonds. The molecule has 0 aromatic heterocycles. The summed E-state index contributed by atoms with van der Waals surface area (Å²) < 4.78 is 26.2. The van der Waals surface area contributed by atoms with Crippen LogP contribution in [-0.4, -0.2) is 13.7 Å². The average Bonchev–Trinajstić information content (AvgIpc) is 2.85. The molecule has 0 aliphatic carbocycles. The van der Waals surface area contributed by atoms with Crippen molar-refractivity contribution in [2.24, 2.45) is 0 Å².